The third kappa shape index (κ3) is 4.68. The SMILES string of the molecule is OCc1ccc(-c2cc3ncnc(Nc4ccc(OCc5cccc(F)c5)c(Cl)c4)c3s2)o1. The summed E-state index contributed by atoms with van der Waals surface area (Å²) < 4.78 is 25.6. The van der Waals surface area contributed by atoms with Gasteiger partial charge in [0.05, 0.1) is 20.1 Å². The van der Waals surface area contributed by atoms with Crippen molar-refractivity contribution in [1.29, 1.82) is 0 Å². The molecule has 0 radical (unpaired) electrons. The van der Waals surface area contributed by atoms with E-state index in [1.807, 2.05) is 18.2 Å². The lowest BCUT2D eigenvalue weighted by Gasteiger charge is -2.11. The summed E-state index contributed by atoms with van der Waals surface area (Å²) in [5.41, 5.74) is 2.22. The van der Waals surface area contributed by atoms with Crippen molar-refractivity contribution in [2.45, 2.75) is 13.2 Å². The molecular weight excluding hydrogens is 465 g/mol. The molecule has 0 amide bonds. The van der Waals surface area contributed by atoms with E-state index >= 15 is 0 Å². The van der Waals surface area contributed by atoms with Gasteiger partial charge in [-0.25, -0.2) is 14.4 Å². The molecule has 9 heteroatoms. The Labute approximate surface area is 197 Å². The zero-order chi connectivity index (χ0) is 22.8. The van der Waals surface area contributed by atoms with Crippen LogP contribution < -0.4 is 10.1 Å². The maximum atomic E-state index is 13.3. The van der Waals surface area contributed by atoms with E-state index in [1.54, 1.807) is 30.3 Å². The smallest absolute Gasteiger partial charge is 0.151 e. The lowest BCUT2D eigenvalue weighted by atomic mass is 10.2. The van der Waals surface area contributed by atoms with E-state index in [-0.39, 0.29) is 19.0 Å². The second kappa shape index (κ2) is 9.19. The van der Waals surface area contributed by atoms with Gasteiger partial charge in [0.15, 0.2) is 5.82 Å². The normalized spacial score (nSPS) is 11.1. The molecule has 0 fully saturated rings. The van der Waals surface area contributed by atoms with Gasteiger partial charge in [0.2, 0.25) is 0 Å². The lowest BCUT2D eigenvalue weighted by molar-refractivity contribution is 0.249. The van der Waals surface area contributed by atoms with Crippen LogP contribution in [0.25, 0.3) is 20.9 Å². The summed E-state index contributed by atoms with van der Waals surface area (Å²) in [6, 6.07) is 17.0. The predicted octanol–water partition coefficient (Wildman–Crippen LogP) is 6.56. The predicted molar refractivity (Wildman–Crippen MR) is 127 cm³/mol. The van der Waals surface area contributed by atoms with Crippen LogP contribution >= 0.6 is 22.9 Å². The maximum absolute atomic E-state index is 13.3. The van der Waals surface area contributed by atoms with E-state index in [4.69, 9.17) is 20.8 Å². The lowest BCUT2D eigenvalue weighted by Crippen LogP contribution is -1.98. The Morgan fingerprint density at radius 3 is 2.79 bits per heavy atom. The Morgan fingerprint density at radius 2 is 2.00 bits per heavy atom. The third-order valence-corrected chi connectivity index (χ3v) is 6.29. The van der Waals surface area contributed by atoms with Crippen LogP contribution in [-0.2, 0) is 13.2 Å². The van der Waals surface area contributed by atoms with Gasteiger partial charge in [0.1, 0.15) is 42.6 Å². The number of furan rings is 1. The van der Waals surface area contributed by atoms with Crippen molar-refractivity contribution >= 4 is 44.7 Å². The number of aliphatic hydroxyl groups is 1. The van der Waals surface area contributed by atoms with Crippen LogP contribution in [-0.4, -0.2) is 15.1 Å². The van der Waals surface area contributed by atoms with Crippen LogP contribution in [0.4, 0.5) is 15.9 Å². The minimum absolute atomic E-state index is 0.153. The minimum atomic E-state index is -0.310. The number of nitrogens with zero attached hydrogens (tertiary/aromatic N) is 2. The second-order valence-corrected chi connectivity index (χ2v) is 8.62. The van der Waals surface area contributed by atoms with Crippen LogP contribution in [0.15, 0.2) is 71.4 Å². The molecule has 0 spiro atoms. The Balaban J connectivity index is 1.35. The fraction of sp³-hybridized carbons (Fsp3) is 0.0833. The highest BCUT2D eigenvalue weighted by Crippen LogP contribution is 2.38. The van der Waals surface area contributed by atoms with Gasteiger partial charge >= 0.3 is 0 Å². The highest BCUT2D eigenvalue weighted by Gasteiger charge is 2.14. The fourth-order valence-corrected chi connectivity index (χ4v) is 4.53. The number of thiophene rings is 1. The van der Waals surface area contributed by atoms with Gasteiger partial charge in [-0.3, -0.25) is 0 Å². The average Bonchev–Trinajstić information content (AvgIpc) is 3.46. The van der Waals surface area contributed by atoms with Crippen LogP contribution in [0.5, 0.6) is 5.75 Å². The molecule has 0 aliphatic heterocycles. The highest BCUT2D eigenvalue weighted by molar-refractivity contribution is 7.22. The number of nitrogens with one attached hydrogen (secondary N) is 1. The van der Waals surface area contributed by atoms with Crippen molar-refractivity contribution in [3.05, 3.63) is 89.2 Å². The summed E-state index contributed by atoms with van der Waals surface area (Å²) in [5, 5.41) is 12.9. The van der Waals surface area contributed by atoms with Gasteiger partial charge in [-0.2, -0.15) is 0 Å². The quantitative estimate of drug-likeness (QED) is 0.274. The molecule has 6 nitrogen and oxygen atoms in total. The number of hydrogen-bond donors (Lipinski definition) is 2. The molecular formula is C24H17ClFN3O3S. The van der Waals surface area contributed by atoms with E-state index in [0.29, 0.717) is 33.7 Å². The molecule has 3 heterocycles. The van der Waals surface area contributed by atoms with Crippen molar-refractivity contribution in [2.24, 2.45) is 0 Å². The van der Waals surface area contributed by atoms with Gasteiger partial charge in [-0.15, -0.1) is 11.3 Å². The number of ether oxygens (including phenoxy) is 1. The van der Waals surface area contributed by atoms with E-state index in [2.05, 4.69) is 15.3 Å². The molecule has 3 aromatic heterocycles. The molecule has 2 aromatic carbocycles. The first-order valence-corrected chi connectivity index (χ1v) is 11.2. The molecule has 0 aliphatic carbocycles. The molecule has 0 bridgehead atoms. The van der Waals surface area contributed by atoms with Gasteiger partial charge in [0.25, 0.3) is 0 Å². The summed E-state index contributed by atoms with van der Waals surface area (Å²) in [6.45, 7) is 0.0553. The molecule has 0 atom stereocenters. The van der Waals surface area contributed by atoms with Crippen molar-refractivity contribution in [3.8, 4) is 16.4 Å². The van der Waals surface area contributed by atoms with Gasteiger partial charge in [-0.05, 0) is 54.1 Å². The molecule has 0 saturated heterocycles. The summed E-state index contributed by atoms with van der Waals surface area (Å²) in [7, 11) is 0. The number of aliphatic hydroxyl groups excluding tert-OH is 1. The summed E-state index contributed by atoms with van der Waals surface area (Å²) in [4.78, 5) is 9.60. The average molecular weight is 482 g/mol. The van der Waals surface area contributed by atoms with E-state index in [1.165, 1.54) is 29.8 Å². The highest BCUT2D eigenvalue weighted by atomic mass is 35.5. The number of halogens is 2. The number of hydrogen-bond acceptors (Lipinski definition) is 7. The first kappa shape index (κ1) is 21.4. The van der Waals surface area contributed by atoms with Crippen LogP contribution in [0, 0.1) is 5.82 Å². The van der Waals surface area contributed by atoms with Crippen LogP contribution in [0.2, 0.25) is 5.02 Å². The van der Waals surface area contributed by atoms with Crippen molar-refractivity contribution in [1.82, 2.24) is 9.97 Å². The first-order valence-electron chi connectivity index (χ1n) is 9.97. The standard InChI is InChI=1S/C24H17ClFN3O3S/c25-18-9-16(4-6-20(18)31-12-14-2-1-3-15(26)8-14)29-24-23-19(27-13-28-24)10-22(33-23)21-7-5-17(11-30)32-21/h1-10,13,30H,11-12H2,(H,27,28,29). The third-order valence-electron chi connectivity index (χ3n) is 4.85. The number of aromatic nitrogens is 2. The number of fused-ring (bicyclic) bond motifs is 1. The zero-order valence-electron chi connectivity index (χ0n) is 17.1. The summed E-state index contributed by atoms with van der Waals surface area (Å²) in [5.74, 6) is 1.98. The Bertz CT molecular complexity index is 1440. The van der Waals surface area contributed by atoms with Crippen molar-refractivity contribution in [2.75, 3.05) is 5.32 Å². The Kier molecular flexibility index (Phi) is 5.95. The number of rotatable bonds is 7. The van der Waals surface area contributed by atoms with Gasteiger partial charge in [0, 0.05) is 5.69 Å². The molecule has 5 rings (SSSR count). The minimum Gasteiger partial charge on any atom is -0.487 e. The molecule has 166 valence electrons. The summed E-state index contributed by atoms with van der Waals surface area (Å²) >= 11 is 7.89. The van der Waals surface area contributed by atoms with Crippen LogP contribution in [0.3, 0.4) is 0 Å². The molecule has 5 aromatic rings. The Hall–Kier alpha value is -3.46. The summed E-state index contributed by atoms with van der Waals surface area (Å²) in [6.07, 6.45) is 1.49. The zero-order valence-corrected chi connectivity index (χ0v) is 18.7. The molecule has 0 unspecified atom stereocenters. The largest absolute Gasteiger partial charge is 0.487 e. The van der Waals surface area contributed by atoms with Gasteiger partial charge in [-0.1, -0.05) is 23.7 Å². The number of benzene rings is 2. The van der Waals surface area contributed by atoms with Crippen LogP contribution in [0.1, 0.15) is 11.3 Å². The first-order chi connectivity index (χ1) is 16.1. The van der Waals surface area contributed by atoms with E-state index < -0.39 is 0 Å². The molecule has 2 N–H and O–H groups in total. The molecule has 0 aliphatic rings. The van der Waals surface area contributed by atoms with E-state index in [9.17, 15) is 9.50 Å². The fourth-order valence-electron chi connectivity index (χ4n) is 3.28. The molecule has 0 saturated carbocycles. The second-order valence-electron chi connectivity index (χ2n) is 7.16. The van der Waals surface area contributed by atoms with Crippen molar-refractivity contribution < 1.29 is 18.7 Å². The monoisotopic (exact) mass is 481 g/mol. The van der Waals surface area contributed by atoms with E-state index in [0.717, 1.165) is 20.8 Å². The van der Waals surface area contributed by atoms with Crippen molar-refractivity contribution in [3.63, 3.8) is 0 Å². The molecule has 33 heavy (non-hydrogen) atoms. The Morgan fingerprint density at radius 1 is 1.09 bits per heavy atom. The van der Waals surface area contributed by atoms with Gasteiger partial charge < -0.3 is 19.6 Å². The number of anilines is 2. The maximum Gasteiger partial charge on any atom is 0.151 e. The topological polar surface area (TPSA) is 80.4 Å².